The van der Waals surface area contributed by atoms with Gasteiger partial charge in [0.2, 0.25) is 0 Å². The maximum atomic E-state index is 12.0. The highest BCUT2D eigenvalue weighted by Crippen LogP contribution is 2.23. The smallest absolute Gasteiger partial charge is 0.284 e. The van der Waals surface area contributed by atoms with E-state index in [0.717, 1.165) is 5.56 Å². The summed E-state index contributed by atoms with van der Waals surface area (Å²) < 4.78 is 71.6. The van der Waals surface area contributed by atoms with Crippen molar-refractivity contribution in [2.75, 3.05) is 0 Å². The molecule has 3 aromatic rings. The van der Waals surface area contributed by atoms with Crippen molar-refractivity contribution in [1.82, 2.24) is 0 Å². The van der Waals surface area contributed by atoms with Crippen molar-refractivity contribution in [2.45, 2.75) is 33.1 Å². The van der Waals surface area contributed by atoms with Crippen LogP contribution >= 0.6 is 0 Å². The molecule has 0 aromatic heterocycles. The van der Waals surface area contributed by atoms with E-state index in [2.05, 4.69) is 19.1 Å². The van der Waals surface area contributed by atoms with Crippen LogP contribution in [0.15, 0.2) is 78.9 Å². The minimum atomic E-state index is -4.79. The summed E-state index contributed by atoms with van der Waals surface area (Å²) in [5.41, 5.74) is 1.87. The summed E-state index contributed by atoms with van der Waals surface area (Å²) >= 11 is 0. The Morgan fingerprint density at radius 3 is 1.36 bits per heavy atom. The first-order valence-electron chi connectivity index (χ1n) is 9.60. The quantitative estimate of drug-likeness (QED) is 0.289. The maximum absolute atomic E-state index is 12.0. The molecule has 0 spiro atoms. The lowest BCUT2D eigenvalue weighted by Crippen LogP contribution is -2.23. The van der Waals surface area contributed by atoms with Gasteiger partial charge in [0.25, 0.3) is 11.6 Å². The second kappa shape index (κ2) is 12.0. The van der Waals surface area contributed by atoms with Gasteiger partial charge in [-0.15, -0.1) is 0 Å². The van der Waals surface area contributed by atoms with Crippen LogP contribution in [0.4, 0.5) is 26.3 Å². The number of aryl methyl sites for hydroxylation is 3. The highest BCUT2D eigenvalue weighted by molar-refractivity contribution is 6.01. The molecule has 0 aliphatic carbocycles. The van der Waals surface area contributed by atoms with Gasteiger partial charge in [-0.25, -0.2) is 0 Å². The highest BCUT2D eigenvalue weighted by atomic mass is 19.4. The zero-order valence-corrected chi connectivity index (χ0v) is 18.1. The second-order valence-electron chi connectivity index (χ2n) is 6.99. The molecule has 176 valence electrons. The summed E-state index contributed by atoms with van der Waals surface area (Å²) in [6.07, 6.45) is -9.57. The fraction of sp³-hybridized carbons (Fsp3) is 0.200. The van der Waals surface area contributed by atoms with Crippen LogP contribution in [0.25, 0.3) is 0 Å². The molecular weight excluding hydrogens is 446 g/mol. The Hall–Kier alpha value is -3.42. The second-order valence-corrected chi connectivity index (χ2v) is 6.99. The first kappa shape index (κ1) is 27.6. The Morgan fingerprint density at radius 2 is 0.970 bits per heavy atom. The molecule has 3 rings (SSSR count). The number of benzene rings is 3. The van der Waals surface area contributed by atoms with Crippen LogP contribution in [0.1, 0.15) is 37.4 Å². The zero-order valence-electron chi connectivity index (χ0n) is 18.1. The number of hydrogen-bond donors (Lipinski definition) is 0. The summed E-state index contributed by atoms with van der Waals surface area (Å²) in [5, 5.41) is 0. The Kier molecular flexibility index (Phi) is 10.0. The van der Waals surface area contributed by atoms with Crippen LogP contribution in [0, 0.1) is 20.8 Å². The number of Topliss-reactive ketones (excluding diaryl/α,β-unsaturated/α-hetero) is 2. The normalized spacial score (nSPS) is 10.8. The molecule has 0 saturated heterocycles. The average molecular weight is 468 g/mol. The van der Waals surface area contributed by atoms with Gasteiger partial charge in [-0.2, -0.15) is 26.3 Å². The van der Waals surface area contributed by atoms with Crippen molar-refractivity contribution in [3.63, 3.8) is 0 Å². The Bertz CT molecular complexity index is 1040. The van der Waals surface area contributed by atoms with Crippen molar-refractivity contribution in [1.29, 1.82) is 0 Å². The molecule has 3 aromatic carbocycles. The maximum Gasteiger partial charge on any atom is 0.454 e. The molecule has 0 aliphatic rings. The van der Waals surface area contributed by atoms with Gasteiger partial charge in [0.05, 0.1) is 0 Å². The molecule has 0 unspecified atom stereocenters. The predicted octanol–water partition coefficient (Wildman–Crippen LogP) is 7.48. The van der Waals surface area contributed by atoms with E-state index in [0.29, 0.717) is 5.56 Å². The first-order chi connectivity index (χ1) is 15.2. The Balaban J connectivity index is 0.000000259. The van der Waals surface area contributed by atoms with Crippen LogP contribution in [0.5, 0.6) is 0 Å². The lowest BCUT2D eigenvalue weighted by atomic mass is 10.1. The van der Waals surface area contributed by atoms with Gasteiger partial charge >= 0.3 is 12.4 Å². The molecule has 0 saturated carbocycles. The third-order valence-corrected chi connectivity index (χ3v) is 4.16. The SMILES string of the molecule is Cc1ccc(C(=O)C(F)(F)F)cc1.Cc1ccccc1.Cc1ccccc1C(=O)C(F)(F)F. The molecule has 0 bridgehead atoms. The summed E-state index contributed by atoms with van der Waals surface area (Å²) in [5.74, 6) is -3.59. The first-order valence-corrected chi connectivity index (χ1v) is 9.60. The van der Waals surface area contributed by atoms with Gasteiger partial charge in [0, 0.05) is 11.1 Å². The largest absolute Gasteiger partial charge is 0.454 e. The van der Waals surface area contributed by atoms with E-state index in [1.54, 1.807) is 13.0 Å². The summed E-state index contributed by atoms with van der Waals surface area (Å²) in [6.45, 7) is 5.29. The number of rotatable bonds is 2. The lowest BCUT2D eigenvalue weighted by Gasteiger charge is -2.06. The van der Waals surface area contributed by atoms with Crippen LogP contribution in [0.2, 0.25) is 0 Å². The standard InChI is InChI=1S/2C9H7F3O.C7H8/c1-6-2-4-7(5-3-6)8(13)9(10,11)12;1-6-4-2-3-5-7(6)8(13)9(10,11)12;1-7-5-3-2-4-6-7/h2*2-5H,1H3;2-6H,1H3. The molecule has 33 heavy (non-hydrogen) atoms. The molecular formula is C25H22F6O2. The van der Waals surface area contributed by atoms with Crippen molar-refractivity contribution >= 4 is 11.6 Å². The minimum Gasteiger partial charge on any atom is -0.284 e. The van der Waals surface area contributed by atoms with Crippen LogP contribution in [-0.4, -0.2) is 23.9 Å². The zero-order chi connectivity index (χ0) is 25.2. The molecule has 0 fully saturated rings. The van der Waals surface area contributed by atoms with Gasteiger partial charge in [-0.3, -0.25) is 9.59 Å². The van der Waals surface area contributed by atoms with Crippen molar-refractivity contribution in [3.8, 4) is 0 Å². The van der Waals surface area contributed by atoms with Crippen molar-refractivity contribution in [3.05, 3.63) is 107 Å². The fourth-order valence-corrected chi connectivity index (χ4v) is 2.38. The molecule has 0 radical (unpaired) electrons. The van der Waals surface area contributed by atoms with Crippen molar-refractivity contribution in [2.24, 2.45) is 0 Å². The molecule has 0 atom stereocenters. The number of alkyl halides is 6. The Labute approximate surface area is 187 Å². The molecule has 8 heteroatoms. The third-order valence-electron chi connectivity index (χ3n) is 4.16. The summed E-state index contributed by atoms with van der Waals surface area (Å²) in [7, 11) is 0. The number of hydrogen-bond acceptors (Lipinski definition) is 2. The van der Waals surface area contributed by atoms with E-state index in [4.69, 9.17) is 0 Å². The molecule has 0 aliphatic heterocycles. The van der Waals surface area contributed by atoms with E-state index in [1.165, 1.54) is 55.0 Å². The lowest BCUT2D eigenvalue weighted by molar-refractivity contribution is -0.0888. The van der Waals surface area contributed by atoms with Crippen LogP contribution < -0.4 is 0 Å². The minimum absolute atomic E-state index is 0.282. The van der Waals surface area contributed by atoms with Crippen molar-refractivity contribution < 1.29 is 35.9 Å². The van der Waals surface area contributed by atoms with E-state index < -0.39 is 23.9 Å². The predicted molar refractivity (Wildman–Crippen MR) is 114 cm³/mol. The number of carbonyl (C=O) groups is 2. The topological polar surface area (TPSA) is 34.1 Å². The summed E-state index contributed by atoms with van der Waals surface area (Å²) in [4.78, 5) is 21.4. The van der Waals surface area contributed by atoms with Gasteiger partial charge in [-0.1, -0.05) is 90.0 Å². The molecule has 0 N–H and O–H groups in total. The number of carbonyl (C=O) groups excluding carboxylic acids is 2. The van der Waals surface area contributed by atoms with Gasteiger partial charge in [0.1, 0.15) is 0 Å². The van der Waals surface area contributed by atoms with Crippen LogP contribution in [-0.2, 0) is 0 Å². The van der Waals surface area contributed by atoms with E-state index in [-0.39, 0.29) is 11.1 Å². The number of halogens is 6. The van der Waals surface area contributed by atoms with E-state index in [9.17, 15) is 35.9 Å². The summed E-state index contributed by atoms with van der Waals surface area (Å²) in [6, 6.07) is 21.2. The molecule has 0 heterocycles. The molecule has 0 amide bonds. The average Bonchev–Trinajstić information content (AvgIpc) is 2.74. The Morgan fingerprint density at radius 1 is 0.545 bits per heavy atom. The molecule has 2 nitrogen and oxygen atoms in total. The van der Waals surface area contributed by atoms with Gasteiger partial charge in [0.15, 0.2) is 0 Å². The van der Waals surface area contributed by atoms with Gasteiger partial charge in [-0.05, 0) is 26.3 Å². The van der Waals surface area contributed by atoms with Gasteiger partial charge < -0.3 is 0 Å². The van der Waals surface area contributed by atoms with E-state index in [1.807, 2.05) is 18.2 Å². The van der Waals surface area contributed by atoms with E-state index >= 15 is 0 Å². The highest BCUT2D eigenvalue weighted by Gasteiger charge is 2.40. The number of ketones is 2. The van der Waals surface area contributed by atoms with Crippen LogP contribution in [0.3, 0.4) is 0 Å². The monoisotopic (exact) mass is 468 g/mol. The third kappa shape index (κ3) is 9.72. The fourth-order valence-electron chi connectivity index (χ4n) is 2.38.